The first-order valence-corrected chi connectivity index (χ1v) is 4.61. The minimum absolute atomic E-state index is 0.198. The van der Waals surface area contributed by atoms with Crippen molar-refractivity contribution in [2.45, 2.75) is 11.0 Å². The Morgan fingerprint density at radius 3 is 2.42 bits per heavy atom. The topological polar surface area (TPSA) is 20.2 Å². The van der Waals surface area contributed by atoms with Crippen molar-refractivity contribution in [3.8, 4) is 0 Å². The van der Waals surface area contributed by atoms with Crippen molar-refractivity contribution in [1.29, 1.82) is 0 Å². The average Bonchev–Trinajstić information content (AvgIpc) is 2.17. The van der Waals surface area contributed by atoms with Crippen LogP contribution in [0.2, 0.25) is 0 Å². The van der Waals surface area contributed by atoms with Gasteiger partial charge in [-0.15, -0.1) is 0 Å². The smallest absolute Gasteiger partial charge is 0.140 e. The van der Waals surface area contributed by atoms with Gasteiger partial charge in [-0.1, -0.05) is 46.3 Å². The van der Waals surface area contributed by atoms with Gasteiger partial charge in [0.1, 0.15) is 6.17 Å². The maximum absolute atomic E-state index is 13.3. The van der Waals surface area contributed by atoms with E-state index in [4.69, 9.17) is 5.11 Å². The van der Waals surface area contributed by atoms with Gasteiger partial charge in [0.05, 0.1) is 11.4 Å². The predicted molar refractivity (Wildman–Crippen MR) is 50.1 cm³/mol. The summed E-state index contributed by atoms with van der Waals surface area (Å²) in [5.41, 5.74) is 0.591. The van der Waals surface area contributed by atoms with E-state index in [0.29, 0.717) is 5.56 Å². The van der Waals surface area contributed by atoms with Gasteiger partial charge in [0.2, 0.25) is 0 Å². The zero-order valence-corrected chi connectivity index (χ0v) is 8.04. The minimum Gasteiger partial charge on any atom is -0.395 e. The lowest BCUT2D eigenvalue weighted by molar-refractivity contribution is 0.234. The molecule has 0 amide bonds. The summed E-state index contributed by atoms with van der Waals surface area (Å²) in [5.74, 6) is 0. The molecule has 0 aliphatic rings. The Labute approximate surface area is 79.4 Å². The first kappa shape index (κ1) is 9.68. The first-order chi connectivity index (χ1) is 5.75. The molecule has 0 aliphatic carbocycles. The highest BCUT2D eigenvalue weighted by Crippen LogP contribution is 2.25. The van der Waals surface area contributed by atoms with Gasteiger partial charge in [0, 0.05) is 0 Å². The number of aliphatic hydroxyl groups excluding tert-OH is 1. The minimum atomic E-state index is -1.14. The number of hydrogen-bond donors (Lipinski definition) is 1. The third kappa shape index (κ3) is 2.29. The summed E-state index contributed by atoms with van der Waals surface area (Å²) in [6, 6.07) is 8.79. The summed E-state index contributed by atoms with van der Waals surface area (Å²) in [5, 5.41) is 8.68. The molecule has 1 N–H and O–H groups in total. The molecule has 0 bridgehead atoms. The van der Waals surface area contributed by atoms with Crippen LogP contribution in [0, 0.1) is 0 Å². The molecule has 12 heavy (non-hydrogen) atoms. The van der Waals surface area contributed by atoms with Crippen molar-refractivity contribution in [3.63, 3.8) is 0 Å². The van der Waals surface area contributed by atoms with Crippen molar-refractivity contribution < 1.29 is 9.50 Å². The van der Waals surface area contributed by atoms with Crippen LogP contribution < -0.4 is 0 Å². The fourth-order valence-corrected chi connectivity index (χ4v) is 1.24. The fourth-order valence-electron chi connectivity index (χ4n) is 0.938. The lowest BCUT2D eigenvalue weighted by Crippen LogP contribution is -2.11. The van der Waals surface area contributed by atoms with Gasteiger partial charge in [0.15, 0.2) is 0 Å². The molecule has 66 valence electrons. The van der Waals surface area contributed by atoms with Crippen LogP contribution in [0.4, 0.5) is 4.39 Å². The van der Waals surface area contributed by atoms with E-state index in [1.807, 2.05) is 6.07 Å². The second-order valence-electron chi connectivity index (χ2n) is 2.51. The molecule has 0 unspecified atom stereocenters. The summed E-state index contributed by atoms with van der Waals surface area (Å²) >= 11 is 3.05. The van der Waals surface area contributed by atoms with Crippen molar-refractivity contribution in [3.05, 3.63) is 35.9 Å². The largest absolute Gasteiger partial charge is 0.395 e. The van der Waals surface area contributed by atoms with Crippen LogP contribution >= 0.6 is 15.9 Å². The third-order valence-corrected chi connectivity index (χ3v) is 2.36. The number of benzene rings is 1. The highest BCUT2D eigenvalue weighted by Gasteiger charge is 2.18. The van der Waals surface area contributed by atoms with E-state index in [9.17, 15) is 4.39 Å². The van der Waals surface area contributed by atoms with E-state index < -0.39 is 11.0 Å². The highest BCUT2D eigenvalue weighted by molar-refractivity contribution is 9.09. The summed E-state index contributed by atoms with van der Waals surface area (Å²) in [6.45, 7) is -0.198. The fraction of sp³-hybridized carbons (Fsp3) is 0.333. The second-order valence-corrected chi connectivity index (χ2v) is 3.69. The van der Waals surface area contributed by atoms with Crippen LogP contribution in [0.25, 0.3) is 0 Å². The Kier molecular flexibility index (Phi) is 3.69. The van der Waals surface area contributed by atoms with Gasteiger partial charge in [0.25, 0.3) is 0 Å². The van der Waals surface area contributed by atoms with E-state index in [-0.39, 0.29) is 6.61 Å². The monoisotopic (exact) mass is 232 g/mol. The molecule has 0 saturated heterocycles. The molecule has 1 aromatic rings. The van der Waals surface area contributed by atoms with Crippen molar-refractivity contribution in [2.24, 2.45) is 0 Å². The summed E-state index contributed by atoms with van der Waals surface area (Å²) in [7, 11) is 0. The molecule has 0 fully saturated rings. The number of aliphatic hydroxyl groups is 1. The Morgan fingerprint density at radius 1 is 1.33 bits per heavy atom. The van der Waals surface area contributed by atoms with E-state index in [1.54, 1.807) is 24.3 Å². The molecule has 0 radical (unpaired) electrons. The standard InChI is InChI=1S/C9H10BrFO/c10-8(6-12)9(11)7-4-2-1-3-5-7/h1-5,8-9,12H,6H2/t8-,9+/m1/s1. The number of rotatable bonds is 3. The Hall–Kier alpha value is -0.410. The van der Waals surface area contributed by atoms with Gasteiger partial charge in [-0.3, -0.25) is 0 Å². The van der Waals surface area contributed by atoms with Crippen LogP contribution in [-0.2, 0) is 0 Å². The molecule has 0 saturated carbocycles. The summed E-state index contributed by atoms with van der Waals surface area (Å²) in [4.78, 5) is -0.514. The lowest BCUT2D eigenvalue weighted by Gasteiger charge is -2.12. The Morgan fingerprint density at radius 2 is 1.92 bits per heavy atom. The Bertz CT molecular complexity index is 227. The molecule has 0 aliphatic heterocycles. The molecular formula is C9H10BrFO. The number of alkyl halides is 2. The van der Waals surface area contributed by atoms with Crippen molar-refractivity contribution in [2.75, 3.05) is 6.61 Å². The van der Waals surface area contributed by atoms with Crippen LogP contribution in [0.1, 0.15) is 11.7 Å². The summed E-state index contributed by atoms with van der Waals surface area (Å²) in [6.07, 6.45) is -1.14. The predicted octanol–water partition coefficient (Wildman–Crippen LogP) is 2.45. The maximum atomic E-state index is 13.3. The van der Waals surface area contributed by atoms with E-state index in [1.165, 1.54) is 0 Å². The highest BCUT2D eigenvalue weighted by atomic mass is 79.9. The van der Waals surface area contributed by atoms with Crippen LogP contribution in [0.15, 0.2) is 30.3 Å². The second kappa shape index (κ2) is 4.58. The lowest BCUT2D eigenvalue weighted by atomic mass is 10.1. The van der Waals surface area contributed by atoms with Crippen molar-refractivity contribution >= 4 is 15.9 Å². The molecule has 1 aromatic carbocycles. The van der Waals surface area contributed by atoms with Crippen LogP contribution in [0.5, 0.6) is 0 Å². The van der Waals surface area contributed by atoms with Crippen molar-refractivity contribution in [1.82, 2.24) is 0 Å². The van der Waals surface area contributed by atoms with Gasteiger partial charge in [-0.2, -0.15) is 0 Å². The Balaban J connectivity index is 2.71. The van der Waals surface area contributed by atoms with Crippen LogP contribution in [0.3, 0.4) is 0 Å². The molecule has 3 heteroatoms. The van der Waals surface area contributed by atoms with Gasteiger partial charge in [-0.25, -0.2) is 4.39 Å². The summed E-state index contributed by atoms with van der Waals surface area (Å²) < 4.78 is 13.3. The number of hydrogen-bond acceptors (Lipinski definition) is 1. The zero-order chi connectivity index (χ0) is 8.97. The normalized spacial score (nSPS) is 15.6. The molecule has 0 spiro atoms. The molecule has 1 rings (SSSR count). The number of halogens is 2. The van der Waals surface area contributed by atoms with E-state index in [0.717, 1.165) is 0 Å². The quantitative estimate of drug-likeness (QED) is 0.795. The zero-order valence-electron chi connectivity index (χ0n) is 6.45. The average molecular weight is 233 g/mol. The SMILES string of the molecule is OC[C@@H](Br)[C@@H](F)c1ccccc1. The van der Waals surface area contributed by atoms with Crippen LogP contribution in [-0.4, -0.2) is 16.5 Å². The first-order valence-electron chi connectivity index (χ1n) is 3.69. The van der Waals surface area contributed by atoms with Gasteiger partial charge in [-0.05, 0) is 5.56 Å². The maximum Gasteiger partial charge on any atom is 0.140 e. The molecule has 2 atom stereocenters. The molecule has 0 aromatic heterocycles. The third-order valence-electron chi connectivity index (χ3n) is 1.61. The van der Waals surface area contributed by atoms with Gasteiger partial charge >= 0.3 is 0 Å². The molecular weight excluding hydrogens is 223 g/mol. The molecule has 0 heterocycles. The van der Waals surface area contributed by atoms with E-state index >= 15 is 0 Å². The molecule has 1 nitrogen and oxygen atoms in total. The van der Waals surface area contributed by atoms with Gasteiger partial charge < -0.3 is 5.11 Å². The van der Waals surface area contributed by atoms with E-state index in [2.05, 4.69) is 15.9 Å².